The Hall–Kier alpha value is -1.32. The second-order valence-corrected chi connectivity index (χ2v) is 8.69. The Labute approximate surface area is 180 Å². The van der Waals surface area contributed by atoms with Crippen LogP contribution in [0.15, 0.2) is 12.3 Å². The summed E-state index contributed by atoms with van der Waals surface area (Å²) in [6.45, 7) is 6.95. The average Bonchev–Trinajstić information content (AvgIpc) is 3.15. The molecule has 29 heavy (non-hydrogen) atoms. The van der Waals surface area contributed by atoms with Crippen LogP contribution in [0.1, 0.15) is 128 Å². The maximum Gasteiger partial charge on any atom is 0.244 e. The minimum absolute atomic E-state index is 0.0674. The second-order valence-electron chi connectivity index (χ2n) is 8.69. The molecule has 1 N–H and O–H groups in total. The van der Waals surface area contributed by atoms with Gasteiger partial charge in [0, 0.05) is 18.4 Å². The van der Waals surface area contributed by atoms with Crippen molar-refractivity contribution >= 4 is 5.91 Å². The first-order valence-corrected chi connectivity index (χ1v) is 12.4. The van der Waals surface area contributed by atoms with E-state index in [1.54, 1.807) is 10.9 Å². The van der Waals surface area contributed by atoms with Crippen LogP contribution in [0.25, 0.3) is 0 Å². The van der Waals surface area contributed by atoms with Gasteiger partial charge in [0.25, 0.3) is 0 Å². The fourth-order valence-corrected chi connectivity index (χ4v) is 3.93. The Balaban J connectivity index is 1.81. The van der Waals surface area contributed by atoms with Gasteiger partial charge >= 0.3 is 0 Å². The number of amides is 1. The summed E-state index contributed by atoms with van der Waals surface area (Å²) in [6, 6.07) is 1.70. The van der Waals surface area contributed by atoms with E-state index in [0.717, 1.165) is 18.7 Å². The third-order valence-electron chi connectivity index (χ3n) is 5.94. The highest BCUT2D eigenvalue weighted by Gasteiger charge is 2.15. The van der Waals surface area contributed by atoms with E-state index in [9.17, 15) is 4.79 Å². The van der Waals surface area contributed by atoms with Gasteiger partial charge in [-0.15, -0.1) is 0 Å². The monoisotopic (exact) mass is 405 g/mol. The number of carbonyl (C=O) groups is 1. The van der Waals surface area contributed by atoms with E-state index in [1.165, 1.54) is 96.3 Å². The molecule has 4 nitrogen and oxygen atoms in total. The van der Waals surface area contributed by atoms with Crippen LogP contribution >= 0.6 is 0 Å². The van der Waals surface area contributed by atoms with Gasteiger partial charge in [0.05, 0.1) is 0 Å². The van der Waals surface area contributed by atoms with Gasteiger partial charge in [0.1, 0.15) is 6.04 Å². The molecule has 1 aromatic rings. The summed E-state index contributed by atoms with van der Waals surface area (Å²) < 4.78 is 1.78. The Kier molecular flexibility index (Phi) is 15.5. The van der Waals surface area contributed by atoms with Gasteiger partial charge < -0.3 is 5.32 Å². The van der Waals surface area contributed by atoms with Crippen molar-refractivity contribution in [3.8, 4) is 0 Å². The number of unbranched alkanes of at least 4 members (excludes halogenated alkanes) is 15. The summed E-state index contributed by atoms with van der Waals surface area (Å²) in [5.41, 5.74) is 1.02. The lowest BCUT2D eigenvalue weighted by Gasteiger charge is -2.14. The molecule has 0 fully saturated rings. The minimum Gasteiger partial charge on any atom is -0.354 e. The van der Waals surface area contributed by atoms with Gasteiger partial charge in [0.15, 0.2) is 0 Å². The minimum atomic E-state index is -0.231. The first-order valence-electron chi connectivity index (χ1n) is 12.4. The van der Waals surface area contributed by atoms with Crippen LogP contribution in [0.3, 0.4) is 0 Å². The van der Waals surface area contributed by atoms with Crippen LogP contribution in [-0.4, -0.2) is 22.2 Å². The van der Waals surface area contributed by atoms with Crippen molar-refractivity contribution in [2.75, 3.05) is 6.54 Å². The van der Waals surface area contributed by atoms with Gasteiger partial charge in [-0.3, -0.25) is 9.48 Å². The summed E-state index contributed by atoms with van der Waals surface area (Å²) >= 11 is 0. The molecular formula is C25H47N3O. The lowest BCUT2D eigenvalue weighted by atomic mass is 10.0. The number of hydrogen-bond donors (Lipinski definition) is 1. The third kappa shape index (κ3) is 12.8. The number of aryl methyl sites for hydroxylation is 1. The first kappa shape index (κ1) is 25.7. The van der Waals surface area contributed by atoms with E-state index < -0.39 is 0 Å². The van der Waals surface area contributed by atoms with Crippen LogP contribution in [0, 0.1) is 6.92 Å². The predicted molar refractivity (Wildman–Crippen MR) is 124 cm³/mol. The molecule has 0 aliphatic heterocycles. The summed E-state index contributed by atoms with van der Waals surface area (Å²) in [7, 11) is 0. The quantitative estimate of drug-likeness (QED) is 0.249. The van der Waals surface area contributed by atoms with Crippen LogP contribution in [0.4, 0.5) is 0 Å². The van der Waals surface area contributed by atoms with E-state index in [4.69, 9.17) is 0 Å². The summed E-state index contributed by atoms with van der Waals surface area (Å²) in [6.07, 6.45) is 23.7. The van der Waals surface area contributed by atoms with Gasteiger partial charge in [-0.05, 0) is 26.3 Å². The van der Waals surface area contributed by atoms with Crippen molar-refractivity contribution in [3.05, 3.63) is 18.0 Å². The zero-order valence-corrected chi connectivity index (χ0v) is 19.6. The lowest BCUT2D eigenvalue weighted by molar-refractivity contribution is -0.124. The normalized spacial score (nSPS) is 12.2. The summed E-state index contributed by atoms with van der Waals surface area (Å²) in [5, 5.41) is 7.27. The second kappa shape index (κ2) is 17.5. The van der Waals surface area contributed by atoms with Crippen molar-refractivity contribution in [2.24, 2.45) is 0 Å². The fourth-order valence-electron chi connectivity index (χ4n) is 3.93. The van der Waals surface area contributed by atoms with Gasteiger partial charge in [-0.25, -0.2) is 0 Å². The van der Waals surface area contributed by atoms with Crippen molar-refractivity contribution < 1.29 is 4.79 Å². The predicted octanol–water partition coefficient (Wildman–Crippen LogP) is 7.13. The van der Waals surface area contributed by atoms with Gasteiger partial charge in [-0.1, -0.05) is 103 Å². The Morgan fingerprint density at radius 2 is 1.31 bits per heavy atom. The molecule has 1 rings (SSSR count). The standard InChI is InChI=1S/C25H47N3O/c1-4-5-6-7-8-9-10-11-12-13-14-15-16-17-18-19-21-26-25(29)24(3)28-23(2)20-22-27-28/h20,22,24H,4-19,21H2,1-3H3,(H,26,29). The van der Waals surface area contributed by atoms with Crippen LogP contribution in [0.5, 0.6) is 0 Å². The Bertz CT molecular complexity index is 512. The molecule has 0 aliphatic carbocycles. The number of hydrogen-bond acceptors (Lipinski definition) is 2. The third-order valence-corrected chi connectivity index (χ3v) is 5.94. The van der Waals surface area contributed by atoms with E-state index >= 15 is 0 Å². The van der Waals surface area contributed by atoms with Crippen molar-refractivity contribution in [1.29, 1.82) is 0 Å². The first-order chi connectivity index (χ1) is 14.2. The molecule has 0 aromatic carbocycles. The van der Waals surface area contributed by atoms with Crippen molar-refractivity contribution in [1.82, 2.24) is 15.1 Å². The van der Waals surface area contributed by atoms with Gasteiger partial charge in [0.2, 0.25) is 5.91 Å². The van der Waals surface area contributed by atoms with E-state index in [-0.39, 0.29) is 11.9 Å². The van der Waals surface area contributed by atoms with Crippen LogP contribution in [0.2, 0.25) is 0 Å². The summed E-state index contributed by atoms with van der Waals surface area (Å²) in [4.78, 5) is 12.2. The largest absolute Gasteiger partial charge is 0.354 e. The molecule has 0 saturated heterocycles. The number of nitrogens with one attached hydrogen (secondary N) is 1. The molecular weight excluding hydrogens is 358 g/mol. The number of rotatable bonds is 19. The molecule has 0 radical (unpaired) electrons. The van der Waals surface area contributed by atoms with Gasteiger partial charge in [-0.2, -0.15) is 5.10 Å². The zero-order chi connectivity index (χ0) is 21.2. The zero-order valence-electron chi connectivity index (χ0n) is 19.6. The highest BCUT2D eigenvalue weighted by atomic mass is 16.2. The average molecular weight is 406 g/mol. The van der Waals surface area contributed by atoms with E-state index in [1.807, 2.05) is 19.9 Å². The molecule has 1 amide bonds. The molecule has 1 unspecified atom stereocenters. The molecule has 0 bridgehead atoms. The van der Waals surface area contributed by atoms with Crippen molar-refractivity contribution in [2.45, 2.75) is 130 Å². The van der Waals surface area contributed by atoms with E-state index in [2.05, 4.69) is 17.3 Å². The van der Waals surface area contributed by atoms with E-state index in [0.29, 0.717) is 0 Å². The molecule has 1 atom stereocenters. The Morgan fingerprint density at radius 3 is 1.72 bits per heavy atom. The smallest absolute Gasteiger partial charge is 0.244 e. The fraction of sp³-hybridized carbons (Fsp3) is 0.840. The Morgan fingerprint density at radius 1 is 0.862 bits per heavy atom. The molecule has 0 aliphatic rings. The van der Waals surface area contributed by atoms with Crippen molar-refractivity contribution in [3.63, 3.8) is 0 Å². The number of nitrogens with zero attached hydrogens (tertiary/aromatic N) is 2. The molecule has 1 heterocycles. The van der Waals surface area contributed by atoms with Crippen LogP contribution in [-0.2, 0) is 4.79 Å². The molecule has 4 heteroatoms. The molecule has 0 saturated carbocycles. The van der Waals surface area contributed by atoms with Crippen LogP contribution < -0.4 is 5.32 Å². The maximum absolute atomic E-state index is 12.2. The molecule has 0 spiro atoms. The maximum atomic E-state index is 12.2. The highest BCUT2D eigenvalue weighted by Crippen LogP contribution is 2.14. The number of aromatic nitrogens is 2. The number of carbonyl (C=O) groups excluding carboxylic acids is 1. The highest BCUT2D eigenvalue weighted by molar-refractivity contribution is 5.79. The SMILES string of the molecule is CCCCCCCCCCCCCCCCCCNC(=O)C(C)n1nccc1C. The summed E-state index contributed by atoms with van der Waals surface area (Å²) in [5.74, 6) is 0.0674. The molecule has 1 aromatic heterocycles. The topological polar surface area (TPSA) is 46.9 Å². The molecule has 168 valence electrons. The lowest BCUT2D eigenvalue weighted by Crippen LogP contribution is -2.32.